The lowest BCUT2D eigenvalue weighted by atomic mass is 9.66. The molecule has 0 aromatic rings. The van der Waals surface area contributed by atoms with Crippen LogP contribution < -0.4 is 0 Å². The summed E-state index contributed by atoms with van der Waals surface area (Å²) in [6.07, 6.45) is 3.01. The van der Waals surface area contributed by atoms with Gasteiger partial charge < -0.3 is 24.4 Å². The Labute approximate surface area is 218 Å². The van der Waals surface area contributed by atoms with E-state index in [0.29, 0.717) is 39.3 Å². The normalized spacial score (nSPS) is 34.5. The van der Waals surface area contributed by atoms with E-state index in [-0.39, 0.29) is 42.2 Å². The van der Waals surface area contributed by atoms with Crippen molar-refractivity contribution in [2.45, 2.75) is 55.7 Å². The lowest BCUT2D eigenvalue weighted by Gasteiger charge is -2.42. The van der Waals surface area contributed by atoms with E-state index in [2.05, 4.69) is 18.4 Å². The van der Waals surface area contributed by atoms with Crippen LogP contribution >= 0.6 is 11.8 Å². The third kappa shape index (κ3) is 4.48. The minimum Gasteiger partial charge on any atom is -0.466 e. The van der Waals surface area contributed by atoms with Crippen molar-refractivity contribution < 1.29 is 29.0 Å². The molecule has 4 heterocycles. The number of thioether (sulfide) groups is 1. The van der Waals surface area contributed by atoms with Crippen LogP contribution in [0.3, 0.4) is 0 Å². The van der Waals surface area contributed by atoms with E-state index >= 15 is 0 Å². The molecule has 0 aromatic carbocycles. The highest BCUT2D eigenvalue weighted by molar-refractivity contribution is 8.02. The summed E-state index contributed by atoms with van der Waals surface area (Å²) in [5, 5.41) is 10.2. The zero-order valence-corrected chi connectivity index (χ0v) is 22.6. The molecule has 1 N–H and O–H groups in total. The first-order valence-corrected chi connectivity index (χ1v) is 14.2. The highest BCUT2D eigenvalue weighted by Gasteiger charge is 2.77. The number of fused-ring (bicyclic) bond motifs is 1. The Bertz CT molecular complexity index is 848. The van der Waals surface area contributed by atoms with Gasteiger partial charge in [-0.15, -0.1) is 18.3 Å². The second kappa shape index (κ2) is 11.4. The molecule has 202 valence electrons. The molecule has 10 heteroatoms. The van der Waals surface area contributed by atoms with E-state index in [1.807, 2.05) is 6.92 Å². The van der Waals surface area contributed by atoms with Gasteiger partial charge in [0.15, 0.2) is 0 Å². The molecule has 4 aliphatic heterocycles. The van der Waals surface area contributed by atoms with E-state index < -0.39 is 28.7 Å². The molecule has 4 saturated heterocycles. The number of rotatable bonds is 11. The summed E-state index contributed by atoms with van der Waals surface area (Å²) in [6.45, 7) is 14.3. The van der Waals surface area contributed by atoms with Gasteiger partial charge in [0.1, 0.15) is 6.04 Å². The third-order valence-corrected chi connectivity index (χ3v) is 10.6. The summed E-state index contributed by atoms with van der Waals surface area (Å²) < 4.78 is 10.1. The van der Waals surface area contributed by atoms with Crippen molar-refractivity contribution in [1.29, 1.82) is 0 Å². The van der Waals surface area contributed by atoms with Gasteiger partial charge in [0.05, 0.1) is 49.1 Å². The first-order chi connectivity index (χ1) is 17.3. The molecule has 2 amide bonds. The van der Waals surface area contributed by atoms with Gasteiger partial charge >= 0.3 is 5.97 Å². The summed E-state index contributed by atoms with van der Waals surface area (Å²) in [4.78, 5) is 47.2. The predicted octanol–water partition coefficient (Wildman–Crippen LogP) is 1.00. The lowest BCUT2D eigenvalue weighted by molar-refractivity contribution is -0.154. The molecule has 7 atom stereocenters. The fraction of sp³-hybridized carbons (Fsp3) is 0.808. The topological polar surface area (TPSA) is 99.6 Å². The van der Waals surface area contributed by atoms with Crippen LogP contribution in [0.4, 0.5) is 0 Å². The van der Waals surface area contributed by atoms with Crippen LogP contribution in [-0.2, 0) is 23.9 Å². The average molecular weight is 524 g/mol. The number of likely N-dealkylation sites (tertiary alicyclic amines) is 1. The molecule has 3 unspecified atom stereocenters. The minimum atomic E-state index is -0.735. The number of hydrogen-bond acceptors (Lipinski definition) is 8. The largest absolute Gasteiger partial charge is 0.466 e. The predicted molar refractivity (Wildman–Crippen MR) is 137 cm³/mol. The third-order valence-electron chi connectivity index (χ3n) is 8.50. The maximum atomic E-state index is 14.4. The smallest absolute Gasteiger partial charge is 0.310 e. The fourth-order valence-electron chi connectivity index (χ4n) is 6.76. The van der Waals surface area contributed by atoms with Gasteiger partial charge in [-0.25, -0.2) is 0 Å². The van der Waals surface area contributed by atoms with Crippen LogP contribution in [0.1, 0.15) is 33.6 Å². The van der Waals surface area contributed by atoms with Crippen molar-refractivity contribution in [3.05, 3.63) is 12.7 Å². The van der Waals surface area contributed by atoms with Crippen LogP contribution in [-0.4, -0.2) is 119 Å². The van der Waals surface area contributed by atoms with Crippen LogP contribution in [0.25, 0.3) is 0 Å². The molecule has 36 heavy (non-hydrogen) atoms. The van der Waals surface area contributed by atoms with Crippen LogP contribution in [0, 0.1) is 17.8 Å². The van der Waals surface area contributed by atoms with Gasteiger partial charge in [-0.05, 0) is 25.7 Å². The van der Waals surface area contributed by atoms with Gasteiger partial charge in [-0.3, -0.25) is 19.3 Å². The number of ether oxygens (including phenoxy) is 2. The van der Waals surface area contributed by atoms with E-state index in [1.54, 1.807) is 34.6 Å². The number of carbonyl (C=O) groups excluding carboxylic acids is 3. The lowest BCUT2D eigenvalue weighted by Crippen LogP contribution is -2.59. The first-order valence-electron chi connectivity index (χ1n) is 13.3. The molecular formula is C26H41N3O6S. The van der Waals surface area contributed by atoms with E-state index in [0.717, 1.165) is 19.5 Å². The van der Waals surface area contributed by atoms with Gasteiger partial charge in [0, 0.05) is 38.0 Å². The molecule has 4 rings (SSSR count). The number of aliphatic hydroxyl groups excluding tert-OH is 1. The summed E-state index contributed by atoms with van der Waals surface area (Å²) >= 11 is 1.64. The Hall–Kier alpha value is -1.62. The van der Waals surface area contributed by atoms with E-state index in [1.165, 1.54) is 0 Å². The number of amides is 2. The number of nitrogens with zero attached hydrogens (tertiary/aromatic N) is 3. The summed E-state index contributed by atoms with van der Waals surface area (Å²) in [6, 6.07) is -1.22. The van der Waals surface area contributed by atoms with Gasteiger partial charge in [0.2, 0.25) is 11.8 Å². The zero-order chi connectivity index (χ0) is 26.0. The highest BCUT2D eigenvalue weighted by Crippen LogP contribution is 2.69. The zero-order valence-electron chi connectivity index (χ0n) is 21.8. The van der Waals surface area contributed by atoms with Gasteiger partial charge in [-0.2, -0.15) is 0 Å². The second-order valence-electron chi connectivity index (χ2n) is 10.3. The molecular weight excluding hydrogens is 482 g/mol. The maximum absolute atomic E-state index is 14.4. The van der Waals surface area contributed by atoms with Crippen molar-refractivity contribution in [2.75, 3.05) is 59.2 Å². The Balaban J connectivity index is 1.69. The molecule has 9 nitrogen and oxygen atoms in total. The second-order valence-corrected chi connectivity index (χ2v) is 11.9. The first kappa shape index (κ1) is 27.4. The fourth-order valence-corrected chi connectivity index (χ4v) is 9.15. The standard InChI is InChI=1S/C26H41N3O6S/c1-5-8-28(10-9-27-11-13-34-14-12-27)24(32)22-26-17(4)15-19(36-26)20(25(33)35-7-3)21(26)23(31)29(22)18(6-2)16-30/h5,17-22,30H,1,6-16H2,2-4H3/t17?,18-,19+,20-,21-,22?,26?/m0/s1. The van der Waals surface area contributed by atoms with Crippen molar-refractivity contribution >= 4 is 29.5 Å². The SMILES string of the molecule is C=CCN(CCN1CCOCC1)C(=O)C1N([C@@H](CC)CO)C(=O)[C@@H]2[C@@H](C(=O)OCC)[C@H]3CC(C)C12S3. The Morgan fingerprint density at radius 2 is 2.08 bits per heavy atom. The van der Waals surface area contributed by atoms with Gasteiger partial charge in [-0.1, -0.05) is 19.9 Å². The van der Waals surface area contributed by atoms with Crippen molar-refractivity contribution in [3.8, 4) is 0 Å². The minimum absolute atomic E-state index is 0.0409. The van der Waals surface area contributed by atoms with Crippen LogP contribution in [0.15, 0.2) is 12.7 Å². The summed E-state index contributed by atoms with van der Waals surface area (Å²) in [5.74, 6) is -1.75. The molecule has 4 fully saturated rings. The molecule has 0 aliphatic carbocycles. The van der Waals surface area contributed by atoms with Crippen molar-refractivity contribution in [3.63, 3.8) is 0 Å². The molecule has 2 bridgehead atoms. The average Bonchev–Trinajstić information content (AvgIpc) is 3.47. The quantitative estimate of drug-likeness (QED) is 0.316. The van der Waals surface area contributed by atoms with Crippen molar-refractivity contribution in [2.24, 2.45) is 17.8 Å². The number of aliphatic hydroxyl groups is 1. The molecule has 4 aliphatic rings. The Morgan fingerprint density at radius 1 is 1.36 bits per heavy atom. The Morgan fingerprint density at radius 3 is 2.69 bits per heavy atom. The maximum Gasteiger partial charge on any atom is 0.310 e. The van der Waals surface area contributed by atoms with Crippen molar-refractivity contribution in [1.82, 2.24) is 14.7 Å². The van der Waals surface area contributed by atoms with Gasteiger partial charge in [0.25, 0.3) is 0 Å². The molecule has 1 spiro atoms. The van der Waals surface area contributed by atoms with E-state index in [9.17, 15) is 19.5 Å². The Kier molecular flexibility index (Phi) is 8.69. The number of hydrogen-bond donors (Lipinski definition) is 1. The number of esters is 1. The summed E-state index contributed by atoms with van der Waals surface area (Å²) in [5.41, 5.74) is 0. The van der Waals surface area contributed by atoms with E-state index in [4.69, 9.17) is 9.47 Å². The highest BCUT2D eigenvalue weighted by atomic mass is 32.2. The number of carbonyl (C=O) groups is 3. The number of morpholine rings is 1. The van der Waals surface area contributed by atoms with Crippen LogP contribution in [0.2, 0.25) is 0 Å². The monoisotopic (exact) mass is 523 g/mol. The molecule has 0 aromatic heterocycles. The summed E-state index contributed by atoms with van der Waals surface area (Å²) in [7, 11) is 0. The molecule has 0 saturated carbocycles. The molecule has 0 radical (unpaired) electrons. The van der Waals surface area contributed by atoms with Crippen LogP contribution in [0.5, 0.6) is 0 Å².